The Labute approximate surface area is 113 Å². The predicted octanol–water partition coefficient (Wildman–Crippen LogP) is 2.56. The van der Waals surface area contributed by atoms with Crippen LogP contribution in [0.1, 0.15) is 13.3 Å². The zero-order valence-electron chi connectivity index (χ0n) is 11.5. The van der Waals surface area contributed by atoms with Crippen LogP contribution in [-0.4, -0.2) is 23.8 Å². The Morgan fingerprint density at radius 1 is 1.16 bits per heavy atom. The highest BCUT2D eigenvalue weighted by Crippen LogP contribution is 2.31. The highest BCUT2D eigenvalue weighted by molar-refractivity contribution is 5.72. The van der Waals surface area contributed by atoms with Crippen molar-refractivity contribution in [2.75, 3.05) is 20.0 Å². The number of methoxy groups -OCH3 is 2. The molecule has 0 saturated carbocycles. The topological polar surface area (TPSA) is 62.3 Å². The van der Waals surface area contributed by atoms with Crippen LogP contribution in [0, 0.1) is 0 Å². The van der Waals surface area contributed by atoms with E-state index in [4.69, 9.17) is 15.2 Å². The van der Waals surface area contributed by atoms with E-state index in [9.17, 15) is 0 Å². The maximum Gasteiger partial charge on any atom is 0.131 e. The number of nitrogens with zero attached hydrogens (tertiary/aromatic N) is 2. The molecule has 19 heavy (non-hydrogen) atoms. The van der Waals surface area contributed by atoms with Gasteiger partial charge in [0, 0.05) is 18.2 Å². The van der Waals surface area contributed by atoms with Crippen molar-refractivity contribution in [2.24, 2.45) is 0 Å². The van der Waals surface area contributed by atoms with Crippen molar-refractivity contribution in [1.29, 1.82) is 0 Å². The van der Waals surface area contributed by atoms with Gasteiger partial charge in [0.05, 0.1) is 20.5 Å². The highest BCUT2D eigenvalue weighted by atomic mass is 16.5. The van der Waals surface area contributed by atoms with E-state index in [-0.39, 0.29) is 0 Å². The molecular formula is C14H19N3O2. The lowest BCUT2D eigenvalue weighted by atomic mass is 10.1. The maximum absolute atomic E-state index is 6.12. The minimum Gasteiger partial charge on any atom is -0.497 e. The van der Waals surface area contributed by atoms with Crippen molar-refractivity contribution >= 4 is 5.82 Å². The Hall–Kier alpha value is -2.17. The van der Waals surface area contributed by atoms with Crippen LogP contribution in [0.2, 0.25) is 0 Å². The van der Waals surface area contributed by atoms with Gasteiger partial charge in [0.15, 0.2) is 0 Å². The number of nitrogens with two attached hydrogens (primary N) is 1. The first-order valence-corrected chi connectivity index (χ1v) is 6.23. The molecule has 5 heteroatoms. The second kappa shape index (κ2) is 5.65. The average Bonchev–Trinajstić information content (AvgIpc) is 2.80. The Bertz CT molecular complexity index is 542. The van der Waals surface area contributed by atoms with Gasteiger partial charge >= 0.3 is 0 Å². The summed E-state index contributed by atoms with van der Waals surface area (Å²) >= 11 is 0. The summed E-state index contributed by atoms with van der Waals surface area (Å²) in [6.45, 7) is 2.97. The molecule has 2 N–H and O–H groups in total. The minimum absolute atomic E-state index is 0.664. The van der Waals surface area contributed by atoms with Gasteiger partial charge in [-0.15, -0.1) is 0 Å². The number of aryl methyl sites for hydroxylation is 1. The number of nitrogen functional groups attached to an aromatic ring is 1. The van der Waals surface area contributed by atoms with E-state index in [1.807, 2.05) is 22.8 Å². The monoisotopic (exact) mass is 261 g/mol. The van der Waals surface area contributed by atoms with E-state index < -0.39 is 0 Å². The fraction of sp³-hybridized carbons (Fsp3) is 0.357. The van der Waals surface area contributed by atoms with Gasteiger partial charge in [-0.05, 0) is 18.6 Å². The molecule has 2 rings (SSSR count). The van der Waals surface area contributed by atoms with E-state index in [0.29, 0.717) is 5.82 Å². The van der Waals surface area contributed by atoms with Crippen molar-refractivity contribution in [3.05, 3.63) is 24.5 Å². The summed E-state index contributed by atoms with van der Waals surface area (Å²) in [6, 6.07) is 5.62. The standard InChI is InChI=1S/C14H19N3O2/c1-4-5-17-9-16-13(14(17)15)10-6-11(18-2)8-12(7-10)19-3/h6-9H,4-5,15H2,1-3H3. The van der Waals surface area contributed by atoms with Crippen LogP contribution in [0.5, 0.6) is 11.5 Å². The summed E-state index contributed by atoms with van der Waals surface area (Å²) in [6.07, 6.45) is 2.78. The molecule has 0 atom stereocenters. The zero-order valence-corrected chi connectivity index (χ0v) is 11.5. The Morgan fingerprint density at radius 2 is 1.79 bits per heavy atom. The first-order valence-electron chi connectivity index (χ1n) is 6.23. The molecular weight excluding hydrogens is 242 g/mol. The average molecular weight is 261 g/mol. The smallest absolute Gasteiger partial charge is 0.131 e. The molecule has 0 spiro atoms. The molecule has 1 aromatic carbocycles. The molecule has 0 radical (unpaired) electrons. The summed E-state index contributed by atoms with van der Waals surface area (Å²) in [5.74, 6) is 2.11. The summed E-state index contributed by atoms with van der Waals surface area (Å²) in [5, 5.41) is 0. The molecule has 0 aliphatic heterocycles. The van der Waals surface area contributed by atoms with Crippen LogP contribution < -0.4 is 15.2 Å². The molecule has 2 aromatic rings. The van der Waals surface area contributed by atoms with Crippen LogP contribution in [0.4, 0.5) is 5.82 Å². The summed E-state index contributed by atoms with van der Waals surface area (Å²) in [5.41, 5.74) is 7.77. The number of imidazole rings is 1. The Balaban J connectivity index is 2.46. The molecule has 5 nitrogen and oxygen atoms in total. The SMILES string of the molecule is CCCn1cnc(-c2cc(OC)cc(OC)c2)c1N. The van der Waals surface area contributed by atoms with Gasteiger partial charge in [0.2, 0.25) is 0 Å². The molecule has 0 fully saturated rings. The molecule has 0 amide bonds. The Kier molecular flexibility index (Phi) is 3.94. The third-order valence-corrected chi connectivity index (χ3v) is 2.97. The summed E-state index contributed by atoms with van der Waals surface area (Å²) in [4.78, 5) is 4.38. The number of ether oxygens (including phenoxy) is 2. The fourth-order valence-corrected chi connectivity index (χ4v) is 1.98. The molecule has 0 bridgehead atoms. The molecule has 0 aliphatic carbocycles. The van der Waals surface area contributed by atoms with Gasteiger partial charge in [-0.3, -0.25) is 0 Å². The van der Waals surface area contributed by atoms with Crippen molar-refractivity contribution in [3.8, 4) is 22.8 Å². The lowest BCUT2D eigenvalue weighted by Crippen LogP contribution is -2.01. The number of rotatable bonds is 5. The van der Waals surface area contributed by atoms with Crippen LogP contribution in [0.25, 0.3) is 11.3 Å². The Morgan fingerprint density at radius 3 is 2.32 bits per heavy atom. The maximum atomic E-state index is 6.12. The van der Waals surface area contributed by atoms with Crippen molar-refractivity contribution in [2.45, 2.75) is 19.9 Å². The van der Waals surface area contributed by atoms with E-state index in [2.05, 4.69) is 11.9 Å². The van der Waals surface area contributed by atoms with E-state index in [1.54, 1.807) is 20.5 Å². The number of hydrogen-bond donors (Lipinski definition) is 1. The van der Waals surface area contributed by atoms with Gasteiger partial charge in [0.1, 0.15) is 23.0 Å². The first kappa shape index (κ1) is 13.3. The van der Waals surface area contributed by atoms with Crippen molar-refractivity contribution in [3.63, 3.8) is 0 Å². The van der Waals surface area contributed by atoms with E-state index >= 15 is 0 Å². The van der Waals surface area contributed by atoms with Gasteiger partial charge < -0.3 is 19.8 Å². The first-order chi connectivity index (χ1) is 9.19. The molecule has 102 valence electrons. The molecule has 0 aliphatic rings. The lowest BCUT2D eigenvalue weighted by molar-refractivity contribution is 0.394. The second-order valence-corrected chi connectivity index (χ2v) is 4.27. The van der Waals surface area contributed by atoms with Crippen LogP contribution in [0.15, 0.2) is 24.5 Å². The van der Waals surface area contributed by atoms with Crippen molar-refractivity contribution in [1.82, 2.24) is 9.55 Å². The van der Waals surface area contributed by atoms with Crippen LogP contribution in [0.3, 0.4) is 0 Å². The third kappa shape index (κ3) is 2.65. The summed E-state index contributed by atoms with van der Waals surface area (Å²) in [7, 11) is 3.25. The number of anilines is 1. The van der Waals surface area contributed by atoms with Gasteiger partial charge in [-0.1, -0.05) is 6.92 Å². The fourth-order valence-electron chi connectivity index (χ4n) is 1.98. The molecule has 1 heterocycles. The minimum atomic E-state index is 0.664. The number of benzene rings is 1. The predicted molar refractivity (Wildman–Crippen MR) is 75.5 cm³/mol. The quantitative estimate of drug-likeness (QED) is 0.898. The second-order valence-electron chi connectivity index (χ2n) is 4.27. The summed E-state index contributed by atoms with van der Waals surface area (Å²) < 4.78 is 12.5. The van der Waals surface area contributed by atoms with Gasteiger partial charge in [-0.25, -0.2) is 4.98 Å². The molecule has 0 unspecified atom stereocenters. The largest absolute Gasteiger partial charge is 0.497 e. The third-order valence-electron chi connectivity index (χ3n) is 2.97. The lowest BCUT2D eigenvalue weighted by Gasteiger charge is -2.08. The molecule has 0 saturated heterocycles. The van der Waals surface area contributed by atoms with Gasteiger partial charge in [-0.2, -0.15) is 0 Å². The van der Waals surface area contributed by atoms with Crippen molar-refractivity contribution < 1.29 is 9.47 Å². The van der Waals surface area contributed by atoms with E-state index in [1.165, 1.54) is 0 Å². The van der Waals surface area contributed by atoms with Gasteiger partial charge in [0.25, 0.3) is 0 Å². The van der Waals surface area contributed by atoms with E-state index in [0.717, 1.165) is 35.7 Å². The van der Waals surface area contributed by atoms with Crippen LogP contribution in [-0.2, 0) is 6.54 Å². The number of aromatic nitrogens is 2. The normalized spacial score (nSPS) is 10.5. The highest BCUT2D eigenvalue weighted by Gasteiger charge is 2.12. The molecule has 1 aromatic heterocycles. The zero-order chi connectivity index (χ0) is 13.8. The number of hydrogen-bond acceptors (Lipinski definition) is 4. The van der Waals surface area contributed by atoms with Crippen LogP contribution >= 0.6 is 0 Å².